The molecule has 0 atom stereocenters. The lowest BCUT2D eigenvalue weighted by molar-refractivity contribution is -0.123. The molecule has 1 aromatic rings. The minimum Gasteiger partial charge on any atom is -0.467 e. The summed E-state index contributed by atoms with van der Waals surface area (Å²) in [6.45, 7) is 8.22. The van der Waals surface area contributed by atoms with Crippen LogP contribution in [0.15, 0.2) is 27.8 Å². The van der Waals surface area contributed by atoms with Crippen molar-refractivity contribution in [3.63, 3.8) is 0 Å². The van der Waals surface area contributed by atoms with Gasteiger partial charge in [0, 0.05) is 25.6 Å². The van der Waals surface area contributed by atoms with Crippen molar-refractivity contribution in [1.82, 2.24) is 16.0 Å². The van der Waals surface area contributed by atoms with Gasteiger partial charge < -0.3 is 20.4 Å². The van der Waals surface area contributed by atoms with Crippen LogP contribution in [0.2, 0.25) is 0 Å². The van der Waals surface area contributed by atoms with E-state index >= 15 is 0 Å². The van der Waals surface area contributed by atoms with Gasteiger partial charge in [-0.15, -0.1) is 24.0 Å². The first-order valence-corrected chi connectivity index (χ1v) is 6.95. The number of rotatable bonds is 7. The minimum absolute atomic E-state index is 0. The van der Waals surface area contributed by atoms with Crippen LogP contribution in [0.5, 0.6) is 0 Å². The molecule has 0 saturated carbocycles. The molecular weight excluding hydrogens is 383 g/mol. The van der Waals surface area contributed by atoms with Crippen LogP contribution in [0.4, 0.5) is 0 Å². The number of nitrogens with one attached hydrogen (secondary N) is 3. The summed E-state index contributed by atoms with van der Waals surface area (Å²) in [6, 6.07) is 3.72. The summed E-state index contributed by atoms with van der Waals surface area (Å²) < 4.78 is 5.23. The van der Waals surface area contributed by atoms with Crippen molar-refractivity contribution < 1.29 is 9.21 Å². The molecule has 0 unspecified atom stereocenters. The molecule has 0 spiro atoms. The average molecular weight is 408 g/mol. The molecule has 3 N–H and O–H groups in total. The molecule has 1 aromatic heterocycles. The Morgan fingerprint density at radius 1 is 1.29 bits per heavy atom. The molecule has 0 aliphatic rings. The second kappa shape index (κ2) is 11.4. The first kappa shape index (κ1) is 19.8. The van der Waals surface area contributed by atoms with E-state index in [1.165, 1.54) is 0 Å². The molecule has 0 aliphatic heterocycles. The van der Waals surface area contributed by atoms with Gasteiger partial charge in [-0.25, -0.2) is 4.99 Å². The maximum absolute atomic E-state index is 11.4. The van der Waals surface area contributed by atoms with Gasteiger partial charge in [0.1, 0.15) is 12.3 Å². The fourth-order valence-electron chi connectivity index (χ4n) is 1.47. The molecule has 0 fully saturated rings. The van der Waals surface area contributed by atoms with E-state index in [0.29, 0.717) is 25.6 Å². The molecule has 0 radical (unpaired) electrons. The lowest BCUT2D eigenvalue weighted by atomic mass is 10.2. The monoisotopic (exact) mass is 408 g/mol. The Kier molecular flexibility index (Phi) is 10.7. The molecule has 1 amide bonds. The molecule has 21 heavy (non-hydrogen) atoms. The van der Waals surface area contributed by atoms with E-state index in [0.717, 1.165) is 12.3 Å². The normalized spacial score (nSPS) is 11.0. The van der Waals surface area contributed by atoms with Gasteiger partial charge in [-0.05, 0) is 19.1 Å². The van der Waals surface area contributed by atoms with E-state index in [2.05, 4.69) is 20.9 Å². The predicted octanol–water partition coefficient (Wildman–Crippen LogP) is 1.72. The third kappa shape index (κ3) is 8.59. The lowest BCUT2D eigenvalue weighted by Gasteiger charge is -2.12. The van der Waals surface area contributed by atoms with Gasteiger partial charge in [0.25, 0.3) is 0 Å². The number of amides is 1. The predicted molar refractivity (Wildman–Crippen MR) is 94.8 cm³/mol. The third-order valence-electron chi connectivity index (χ3n) is 2.56. The number of halogens is 1. The molecule has 0 saturated heterocycles. The van der Waals surface area contributed by atoms with Crippen LogP contribution in [-0.4, -0.2) is 31.5 Å². The van der Waals surface area contributed by atoms with Crippen LogP contribution in [0, 0.1) is 5.92 Å². The number of furan rings is 1. The Morgan fingerprint density at radius 2 is 2.00 bits per heavy atom. The summed E-state index contributed by atoms with van der Waals surface area (Å²) in [6.07, 6.45) is 1.63. The highest BCUT2D eigenvalue weighted by atomic mass is 127. The lowest BCUT2D eigenvalue weighted by Crippen LogP contribution is -2.42. The van der Waals surface area contributed by atoms with E-state index in [9.17, 15) is 4.79 Å². The van der Waals surface area contributed by atoms with Crippen LogP contribution >= 0.6 is 24.0 Å². The van der Waals surface area contributed by atoms with Gasteiger partial charge in [0.05, 0.1) is 6.26 Å². The molecule has 7 heteroatoms. The van der Waals surface area contributed by atoms with E-state index in [1.54, 1.807) is 6.26 Å². The van der Waals surface area contributed by atoms with Crippen molar-refractivity contribution in [1.29, 1.82) is 0 Å². The fourth-order valence-corrected chi connectivity index (χ4v) is 1.47. The molecule has 6 nitrogen and oxygen atoms in total. The Bertz CT molecular complexity index is 419. The third-order valence-corrected chi connectivity index (χ3v) is 2.56. The van der Waals surface area contributed by atoms with Gasteiger partial charge in [0.2, 0.25) is 5.91 Å². The number of carbonyl (C=O) groups is 1. The van der Waals surface area contributed by atoms with Crippen molar-refractivity contribution >= 4 is 35.8 Å². The quantitative estimate of drug-likeness (QED) is 0.278. The molecule has 0 bridgehead atoms. The Labute approximate surface area is 143 Å². The molecule has 0 aromatic carbocycles. The zero-order valence-corrected chi connectivity index (χ0v) is 15.1. The number of carbonyl (C=O) groups excluding carboxylic acids is 1. The van der Waals surface area contributed by atoms with Crippen LogP contribution in [0.1, 0.15) is 26.5 Å². The van der Waals surface area contributed by atoms with Crippen molar-refractivity contribution in [2.45, 2.75) is 27.3 Å². The maximum atomic E-state index is 11.4. The van der Waals surface area contributed by atoms with Crippen molar-refractivity contribution in [2.75, 3.05) is 19.6 Å². The second-order valence-electron chi connectivity index (χ2n) is 4.65. The van der Waals surface area contributed by atoms with Crippen molar-refractivity contribution in [2.24, 2.45) is 10.9 Å². The largest absolute Gasteiger partial charge is 0.467 e. The summed E-state index contributed by atoms with van der Waals surface area (Å²) >= 11 is 0. The highest BCUT2D eigenvalue weighted by Gasteiger charge is 2.05. The van der Waals surface area contributed by atoms with E-state index in [-0.39, 0.29) is 35.8 Å². The highest BCUT2D eigenvalue weighted by molar-refractivity contribution is 14.0. The van der Waals surface area contributed by atoms with E-state index in [4.69, 9.17) is 4.42 Å². The van der Waals surface area contributed by atoms with E-state index in [1.807, 2.05) is 32.9 Å². The van der Waals surface area contributed by atoms with Gasteiger partial charge in [-0.2, -0.15) is 0 Å². The molecule has 1 rings (SSSR count). The Hall–Kier alpha value is -1.25. The van der Waals surface area contributed by atoms with Gasteiger partial charge in [-0.3, -0.25) is 4.79 Å². The van der Waals surface area contributed by atoms with Crippen molar-refractivity contribution in [3.05, 3.63) is 24.2 Å². The number of hydrogen-bond donors (Lipinski definition) is 3. The smallest absolute Gasteiger partial charge is 0.222 e. The molecule has 0 aliphatic carbocycles. The van der Waals surface area contributed by atoms with Crippen LogP contribution < -0.4 is 16.0 Å². The maximum Gasteiger partial charge on any atom is 0.222 e. The first-order chi connectivity index (χ1) is 9.63. The van der Waals surface area contributed by atoms with Crippen LogP contribution in [-0.2, 0) is 11.3 Å². The van der Waals surface area contributed by atoms with Crippen LogP contribution in [0.3, 0.4) is 0 Å². The first-order valence-electron chi connectivity index (χ1n) is 6.95. The summed E-state index contributed by atoms with van der Waals surface area (Å²) in [5, 5.41) is 9.15. The Morgan fingerprint density at radius 3 is 2.57 bits per heavy atom. The number of hydrogen-bond acceptors (Lipinski definition) is 3. The van der Waals surface area contributed by atoms with E-state index < -0.39 is 0 Å². The highest BCUT2D eigenvalue weighted by Crippen LogP contribution is 2.00. The number of guanidine groups is 1. The second-order valence-corrected chi connectivity index (χ2v) is 4.65. The van der Waals surface area contributed by atoms with Crippen molar-refractivity contribution in [3.8, 4) is 0 Å². The summed E-state index contributed by atoms with van der Waals surface area (Å²) in [4.78, 5) is 15.8. The molecular formula is C14H25IN4O2. The molecule has 1 heterocycles. The summed E-state index contributed by atoms with van der Waals surface area (Å²) in [5.41, 5.74) is 0. The van der Waals surface area contributed by atoms with Gasteiger partial charge in [0.15, 0.2) is 5.96 Å². The fraction of sp³-hybridized carbons (Fsp3) is 0.571. The standard InChI is InChI=1S/C14H24N4O2.HI/c1-4-15-14(18-10-12-6-5-9-20-12)17-8-7-16-13(19)11(2)3;/h5-6,9,11H,4,7-8,10H2,1-3H3,(H,16,19)(H2,15,17,18);1H. The summed E-state index contributed by atoms with van der Waals surface area (Å²) in [5.74, 6) is 1.60. The zero-order chi connectivity index (χ0) is 14.8. The number of aliphatic imine (C=N–C) groups is 1. The minimum atomic E-state index is 0. The Balaban J connectivity index is 0.00000400. The molecule has 120 valence electrons. The topological polar surface area (TPSA) is 78.7 Å². The van der Waals surface area contributed by atoms with Gasteiger partial charge >= 0.3 is 0 Å². The van der Waals surface area contributed by atoms with Gasteiger partial charge in [-0.1, -0.05) is 13.8 Å². The SMILES string of the molecule is CCNC(=NCc1ccco1)NCCNC(=O)C(C)C.I. The zero-order valence-electron chi connectivity index (χ0n) is 12.8. The summed E-state index contributed by atoms with van der Waals surface area (Å²) in [7, 11) is 0. The average Bonchev–Trinajstić information content (AvgIpc) is 2.93. The van der Waals surface area contributed by atoms with Crippen LogP contribution in [0.25, 0.3) is 0 Å². The number of nitrogens with zero attached hydrogens (tertiary/aromatic N) is 1.